The summed E-state index contributed by atoms with van der Waals surface area (Å²) in [4.78, 5) is 18.9. The van der Waals surface area contributed by atoms with Gasteiger partial charge in [0.2, 0.25) is 5.91 Å². The molecular weight excluding hydrogens is 388 g/mol. The normalized spacial score (nSPS) is 16.7. The number of carbonyl (C=O) groups is 1. The standard InChI is InChI=1S/C23H21ClN2O3/c1-28-19-8-4-17(5-9-19)20-10-11-25-12-21(20)22-14-29-15-23(27)26(22)13-16-2-6-18(24)7-3-16/h2-12,22H,13-15H2,1H3. The van der Waals surface area contributed by atoms with Crippen molar-refractivity contribution in [2.24, 2.45) is 0 Å². The molecule has 2 heterocycles. The molecule has 1 saturated heterocycles. The van der Waals surface area contributed by atoms with Crippen LogP contribution in [-0.4, -0.2) is 36.1 Å². The molecular formula is C23H21ClN2O3. The lowest BCUT2D eigenvalue weighted by atomic mass is 9.95. The molecule has 6 heteroatoms. The first-order chi connectivity index (χ1) is 14.2. The largest absolute Gasteiger partial charge is 0.497 e. The van der Waals surface area contributed by atoms with Crippen LogP contribution in [-0.2, 0) is 16.1 Å². The second-order valence-corrected chi connectivity index (χ2v) is 7.31. The maximum Gasteiger partial charge on any atom is 0.249 e. The molecule has 0 radical (unpaired) electrons. The number of carbonyl (C=O) groups excluding carboxylic acids is 1. The zero-order valence-electron chi connectivity index (χ0n) is 16.0. The number of amides is 1. The molecule has 1 aromatic heterocycles. The minimum absolute atomic E-state index is 0.0410. The number of methoxy groups -OCH3 is 1. The number of benzene rings is 2. The molecule has 0 aliphatic carbocycles. The molecule has 148 valence electrons. The van der Waals surface area contributed by atoms with E-state index in [0.717, 1.165) is 28.0 Å². The Bertz CT molecular complexity index is 990. The number of aromatic nitrogens is 1. The molecule has 0 N–H and O–H groups in total. The summed E-state index contributed by atoms with van der Waals surface area (Å²) >= 11 is 6.00. The molecule has 5 nitrogen and oxygen atoms in total. The highest BCUT2D eigenvalue weighted by atomic mass is 35.5. The van der Waals surface area contributed by atoms with Crippen molar-refractivity contribution in [3.8, 4) is 16.9 Å². The molecule has 0 spiro atoms. The fraction of sp³-hybridized carbons (Fsp3) is 0.217. The van der Waals surface area contributed by atoms with Crippen molar-refractivity contribution in [2.75, 3.05) is 20.3 Å². The molecule has 1 aliphatic rings. The van der Waals surface area contributed by atoms with Crippen LogP contribution in [0.4, 0.5) is 0 Å². The van der Waals surface area contributed by atoms with Crippen LogP contribution in [0.25, 0.3) is 11.1 Å². The first-order valence-corrected chi connectivity index (χ1v) is 9.73. The summed E-state index contributed by atoms with van der Waals surface area (Å²) in [6, 6.07) is 17.2. The van der Waals surface area contributed by atoms with E-state index in [0.29, 0.717) is 18.2 Å². The van der Waals surface area contributed by atoms with Crippen molar-refractivity contribution in [3.05, 3.63) is 83.1 Å². The highest BCUT2D eigenvalue weighted by Gasteiger charge is 2.31. The fourth-order valence-electron chi connectivity index (χ4n) is 3.55. The van der Waals surface area contributed by atoms with E-state index in [2.05, 4.69) is 4.98 Å². The Balaban J connectivity index is 1.69. The highest BCUT2D eigenvalue weighted by molar-refractivity contribution is 6.30. The molecule has 1 fully saturated rings. The van der Waals surface area contributed by atoms with Crippen LogP contribution in [0.3, 0.4) is 0 Å². The predicted octanol–water partition coefficient (Wildman–Crippen LogP) is 4.51. The molecule has 4 rings (SSSR count). The van der Waals surface area contributed by atoms with E-state index >= 15 is 0 Å². The van der Waals surface area contributed by atoms with Crippen molar-refractivity contribution in [2.45, 2.75) is 12.6 Å². The second kappa shape index (κ2) is 8.64. The zero-order valence-corrected chi connectivity index (χ0v) is 16.8. The molecule has 29 heavy (non-hydrogen) atoms. The average Bonchev–Trinajstić information content (AvgIpc) is 2.77. The third-order valence-corrected chi connectivity index (χ3v) is 5.33. The molecule has 1 unspecified atom stereocenters. The lowest BCUT2D eigenvalue weighted by molar-refractivity contribution is -0.149. The molecule has 0 saturated carbocycles. The van der Waals surface area contributed by atoms with Crippen LogP contribution in [0.1, 0.15) is 17.2 Å². The van der Waals surface area contributed by atoms with E-state index in [-0.39, 0.29) is 18.6 Å². The number of hydrogen-bond acceptors (Lipinski definition) is 4. The second-order valence-electron chi connectivity index (χ2n) is 6.87. The van der Waals surface area contributed by atoms with E-state index in [4.69, 9.17) is 21.1 Å². The number of pyridine rings is 1. The summed E-state index contributed by atoms with van der Waals surface area (Å²) in [6.45, 7) is 0.997. The van der Waals surface area contributed by atoms with E-state index in [1.165, 1.54) is 0 Å². The number of hydrogen-bond donors (Lipinski definition) is 0. The first kappa shape index (κ1) is 19.4. The van der Waals surface area contributed by atoms with Crippen molar-refractivity contribution in [1.29, 1.82) is 0 Å². The van der Waals surface area contributed by atoms with Gasteiger partial charge in [-0.2, -0.15) is 0 Å². The number of nitrogens with zero attached hydrogens (tertiary/aromatic N) is 2. The smallest absolute Gasteiger partial charge is 0.249 e. The van der Waals surface area contributed by atoms with E-state index in [9.17, 15) is 4.79 Å². The third kappa shape index (κ3) is 4.26. The minimum atomic E-state index is -0.224. The number of halogens is 1. The molecule has 1 amide bonds. The van der Waals surface area contributed by atoms with Gasteiger partial charge in [-0.15, -0.1) is 0 Å². The summed E-state index contributed by atoms with van der Waals surface area (Å²) in [5, 5.41) is 0.674. The Hall–Kier alpha value is -2.89. The van der Waals surface area contributed by atoms with Gasteiger partial charge in [0, 0.05) is 29.5 Å². The van der Waals surface area contributed by atoms with Crippen LogP contribution in [0.15, 0.2) is 67.0 Å². The number of morpholine rings is 1. The number of rotatable bonds is 5. The summed E-state index contributed by atoms with van der Waals surface area (Å²) in [5.74, 6) is 0.755. The van der Waals surface area contributed by atoms with Crippen LogP contribution in [0, 0.1) is 0 Å². The van der Waals surface area contributed by atoms with Gasteiger partial charge in [0.05, 0.1) is 19.8 Å². The molecule has 0 bridgehead atoms. The van der Waals surface area contributed by atoms with Crippen molar-refractivity contribution in [1.82, 2.24) is 9.88 Å². The Morgan fingerprint density at radius 1 is 1.14 bits per heavy atom. The maximum atomic E-state index is 12.7. The Kier molecular flexibility index (Phi) is 5.79. The fourth-order valence-corrected chi connectivity index (χ4v) is 3.68. The van der Waals surface area contributed by atoms with Crippen molar-refractivity contribution < 1.29 is 14.3 Å². The molecule has 1 atom stereocenters. The van der Waals surface area contributed by atoms with Gasteiger partial charge in [0.25, 0.3) is 0 Å². The Labute approximate surface area is 174 Å². The summed E-state index contributed by atoms with van der Waals surface area (Å²) in [7, 11) is 1.65. The van der Waals surface area contributed by atoms with E-state index in [1.54, 1.807) is 13.3 Å². The van der Waals surface area contributed by atoms with Crippen molar-refractivity contribution >= 4 is 17.5 Å². The summed E-state index contributed by atoms with van der Waals surface area (Å²) in [6.07, 6.45) is 3.58. The highest BCUT2D eigenvalue weighted by Crippen LogP contribution is 2.34. The lowest BCUT2D eigenvalue weighted by Gasteiger charge is -2.36. The topological polar surface area (TPSA) is 51.7 Å². The van der Waals surface area contributed by atoms with Gasteiger partial charge < -0.3 is 14.4 Å². The van der Waals surface area contributed by atoms with E-state index in [1.807, 2.05) is 65.7 Å². The monoisotopic (exact) mass is 408 g/mol. The lowest BCUT2D eigenvalue weighted by Crippen LogP contribution is -2.43. The summed E-state index contributed by atoms with van der Waals surface area (Å²) in [5.41, 5.74) is 4.03. The quantitative estimate of drug-likeness (QED) is 0.623. The van der Waals surface area contributed by atoms with Gasteiger partial charge in [-0.3, -0.25) is 9.78 Å². The van der Waals surface area contributed by atoms with Gasteiger partial charge in [0.15, 0.2) is 0 Å². The molecule has 3 aromatic rings. The Morgan fingerprint density at radius 3 is 2.62 bits per heavy atom. The Morgan fingerprint density at radius 2 is 1.90 bits per heavy atom. The van der Waals surface area contributed by atoms with Crippen LogP contribution in [0.5, 0.6) is 5.75 Å². The molecule has 1 aliphatic heterocycles. The van der Waals surface area contributed by atoms with Crippen molar-refractivity contribution in [3.63, 3.8) is 0 Å². The van der Waals surface area contributed by atoms with Gasteiger partial charge in [-0.25, -0.2) is 0 Å². The zero-order chi connectivity index (χ0) is 20.2. The van der Waals surface area contributed by atoms with Gasteiger partial charge >= 0.3 is 0 Å². The van der Waals surface area contributed by atoms with Crippen LogP contribution in [0.2, 0.25) is 5.02 Å². The van der Waals surface area contributed by atoms with Crippen LogP contribution < -0.4 is 4.74 Å². The SMILES string of the molecule is COc1ccc(-c2ccncc2C2COCC(=O)N2Cc2ccc(Cl)cc2)cc1. The third-order valence-electron chi connectivity index (χ3n) is 5.08. The maximum absolute atomic E-state index is 12.7. The predicted molar refractivity (Wildman–Crippen MR) is 112 cm³/mol. The van der Waals surface area contributed by atoms with Gasteiger partial charge in [-0.05, 0) is 47.0 Å². The van der Waals surface area contributed by atoms with Gasteiger partial charge in [-0.1, -0.05) is 35.9 Å². The van der Waals surface area contributed by atoms with Gasteiger partial charge in [0.1, 0.15) is 12.4 Å². The average molecular weight is 409 g/mol. The number of ether oxygens (including phenoxy) is 2. The molecule has 2 aromatic carbocycles. The van der Waals surface area contributed by atoms with Crippen LogP contribution >= 0.6 is 11.6 Å². The summed E-state index contributed by atoms with van der Waals surface area (Å²) < 4.78 is 10.9. The minimum Gasteiger partial charge on any atom is -0.497 e. The van der Waals surface area contributed by atoms with E-state index < -0.39 is 0 Å². The first-order valence-electron chi connectivity index (χ1n) is 9.35.